The van der Waals surface area contributed by atoms with Crippen LogP contribution in [0.15, 0.2) is 12.3 Å². The van der Waals surface area contributed by atoms with Crippen molar-refractivity contribution in [1.82, 2.24) is 10.3 Å². The smallest absolute Gasteiger partial charge is 0.252 e. The number of carbonyl (C=O) groups excluding carboxylic acids is 1. The van der Waals surface area contributed by atoms with E-state index in [1.54, 1.807) is 22.7 Å². The van der Waals surface area contributed by atoms with Crippen LogP contribution in [0.2, 0.25) is 0 Å². The van der Waals surface area contributed by atoms with E-state index in [0.29, 0.717) is 6.54 Å². The van der Waals surface area contributed by atoms with Gasteiger partial charge < -0.3 is 5.32 Å². The standard InChI is InChI=1S/C12H14N2OS2/c1-7-4-11(8(2)16-7)12(15)14-6-10-5-13-9(3)17-10/h4-5H,6H2,1-3H3,(H,14,15). The zero-order valence-corrected chi connectivity index (χ0v) is 11.7. The molecule has 0 unspecified atom stereocenters. The fraction of sp³-hybridized carbons (Fsp3) is 0.333. The summed E-state index contributed by atoms with van der Waals surface area (Å²) in [4.78, 5) is 19.4. The molecule has 0 saturated heterocycles. The number of amides is 1. The molecule has 0 atom stereocenters. The second-order valence-corrected chi connectivity index (χ2v) is 6.63. The predicted octanol–water partition coefficient (Wildman–Crippen LogP) is 3.06. The maximum atomic E-state index is 11.9. The van der Waals surface area contributed by atoms with Crippen LogP contribution in [0, 0.1) is 20.8 Å². The average molecular weight is 266 g/mol. The Balaban J connectivity index is 2.00. The maximum absolute atomic E-state index is 11.9. The summed E-state index contributed by atoms with van der Waals surface area (Å²) in [5.41, 5.74) is 0.786. The maximum Gasteiger partial charge on any atom is 0.252 e. The van der Waals surface area contributed by atoms with E-state index in [9.17, 15) is 4.79 Å². The third-order valence-corrected chi connectivity index (χ3v) is 4.26. The number of hydrogen-bond donors (Lipinski definition) is 1. The van der Waals surface area contributed by atoms with Crippen LogP contribution < -0.4 is 5.32 Å². The Hall–Kier alpha value is -1.20. The van der Waals surface area contributed by atoms with Gasteiger partial charge in [-0.05, 0) is 26.8 Å². The van der Waals surface area contributed by atoms with E-state index >= 15 is 0 Å². The van der Waals surface area contributed by atoms with Gasteiger partial charge in [0.05, 0.1) is 17.1 Å². The molecule has 2 aromatic rings. The highest BCUT2D eigenvalue weighted by molar-refractivity contribution is 7.12. The molecule has 0 radical (unpaired) electrons. The van der Waals surface area contributed by atoms with Gasteiger partial charge in [0, 0.05) is 20.8 Å². The molecule has 0 aromatic carbocycles. The minimum atomic E-state index is -0.00194. The van der Waals surface area contributed by atoms with Crippen LogP contribution in [0.4, 0.5) is 0 Å². The molecule has 0 aliphatic carbocycles. The SMILES string of the molecule is Cc1cc(C(=O)NCc2cnc(C)s2)c(C)s1. The van der Waals surface area contributed by atoms with Crippen molar-refractivity contribution in [3.63, 3.8) is 0 Å². The molecule has 2 rings (SSSR count). The van der Waals surface area contributed by atoms with E-state index in [0.717, 1.165) is 20.3 Å². The quantitative estimate of drug-likeness (QED) is 0.927. The second-order valence-electron chi connectivity index (χ2n) is 3.86. The Kier molecular flexibility index (Phi) is 3.59. The number of thiazole rings is 1. The van der Waals surface area contributed by atoms with E-state index < -0.39 is 0 Å². The molecule has 1 N–H and O–H groups in total. The van der Waals surface area contributed by atoms with E-state index in [2.05, 4.69) is 10.3 Å². The van der Waals surface area contributed by atoms with Gasteiger partial charge in [0.1, 0.15) is 0 Å². The van der Waals surface area contributed by atoms with Crippen molar-refractivity contribution in [2.75, 3.05) is 0 Å². The summed E-state index contributed by atoms with van der Waals surface area (Å²) in [5.74, 6) is -0.00194. The largest absolute Gasteiger partial charge is 0.347 e. The van der Waals surface area contributed by atoms with E-state index in [4.69, 9.17) is 0 Å². The van der Waals surface area contributed by atoms with Crippen LogP contribution in [-0.2, 0) is 6.54 Å². The first-order chi connectivity index (χ1) is 8.06. The zero-order valence-electron chi connectivity index (χ0n) is 10.0. The third-order valence-electron chi connectivity index (χ3n) is 2.38. The van der Waals surface area contributed by atoms with Crippen LogP contribution in [0.1, 0.15) is 30.0 Å². The highest BCUT2D eigenvalue weighted by Crippen LogP contribution is 2.20. The summed E-state index contributed by atoms with van der Waals surface area (Å²) in [6, 6.07) is 1.94. The number of nitrogens with one attached hydrogen (secondary N) is 1. The Morgan fingerprint density at radius 1 is 1.35 bits per heavy atom. The highest BCUT2D eigenvalue weighted by Gasteiger charge is 2.11. The number of carbonyl (C=O) groups is 1. The average Bonchev–Trinajstić information content (AvgIpc) is 2.81. The molecular weight excluding hydrogens is 252 g/mol. The van der Waals surface area contributed by atoms with Gasteiger partial charge in [-0.1, -0.05) is 0 Å². The molecule has 1 amide bonds. The molecule has 0 fully saturated rings. The van der Waals surface area contributed by atoms with Crippen molar-refractivity contribution in [2.24, 2.45) is 0 Å². The first-order valence-corrected chi connectivity index (χ1v) is 6.96. The number of hydrogen-bond acceptors (Lipinski definition) is 4. The van der Waals surface area contributed by atoms with Crippen molar-refractivity contribution < 1.29 is 4.79 Å². The number of aryl methyl sites for hydroxylation is 3. The molecule has 5 heteroatoms. The first kappa shape index (κ1) is 12.3. The molecule has 0 aliphatic rings. The second kappa shape index (κ2) is 4.98. The van der Waals surface area contributed by atoms with Gasteiger partial charge in [0.2, 0.25) is 0 Å². The summed E-state index contributed by atoms with van der Waals surface area (Å²) in [5, 5.41) is 3.95. The first-order valence-electron chi connectivity index (χ1n) is 5.33. The van der Waals surface area contributed by atoms with E-state index in [1.807, 2.05) is 33.0 Å². The van der Waals surface area contributed by atoms with Gasteiger partial charge in [0.25, 0.3) is 5.91 Å². The number of rotatable bonds is 3. The molecule has 17 heavy (non-hydrogen) atoms. The fourth-order valence-electron chi connectivity index (χ4n) is 1.61. The number of thiophene rings is 1. The van der Waals surface area contributed by atoms with Gasteiger partial charge in [0.15, 0.2) is 0 Å². The van der Waals surface area contributed by atoms with Crippen molar-refractivity contribution in [1.29, 1.82) is 0 Å². The summed E-state index contributed by atoms with van der Waals surface area (Å²) in [6.07, 6.45) is 1.81. The zero-order chi connectivity index (χ0) is 12.4. The molecule has 3 nitrogen and oxygen atoms in total. The lowest BCUT2D eigenvalue weighted by atomic mass is 10.2. The minimum absolute atomic E-state index is 0.00194. The van der Waals surface area contributed by atoms with Crippen molar-refractivity contribution in [3.8, 4) is 0 Å². The third kappa shape index (κ3) is 2.92. The van der Waals surface area contributed by atoms with Gasteiger partial charge >= 0.3 is 0 Å². The monoisotopic (exact) mass is 266 g/mol. The number of nitrogens with zero attached hydrogens (tertiary/aromatic N) is 1. The molecular formula is C12H14N2OS2. The van der Waals surface area contributed by atoms with Crippen LogP contribution in [-0.4, -0.2) is 10.9 Å². The van der Waals surface area contributed by atoms with Gasteiger partial charge in [-0.25, -0.2) is 4.98 Å². The van der Waals surface area contributed by atoms with Gasteiger partial charge in [-0.2, -0.15) is 0 Å². The molecule has 0 aliphatic heterocycles. The Bertz CT molecular complexity index is 542. The fourth-order valence-corrected chi connectivity index (χ4v) is 3.26. The lowest BCUT2D eigenvalue weighted by Crippen LogP contribution is -2.22. The highest BCUT2D eigenvalue weighted by atomic mass is 32.1. The summed E-state index contributed by atoms with van der Waals surface area (Å²) in [6.45, 7) is 6.51. The molecule has 90 valence electrons. The molecule has 0 saturated carbocycles. The van der Waals surface area contributed by atoms with E-state index in [-0.39, 0.29) is 5.91 Å². The van der Waals surface area contributed by atoms with Crippen molar-refractivity contribution in [2.45, 2.75) is 27.3 Å². The Morgan fingerprint density at radius 2 is 2.12 bits per heavy atom. The predicted molar refractivity (Wildman–Crippen MR) is 71.8 cm³/mol. The Morgan fingerprint density at radius 3 is 2.65 bits per heavy atom. The minimum Gasteiger partial charge on any atom is -0.347 e. The lowest BCUT2D eigenvalue weighted by molar-refractivity contribution is 0.0951. The van der Waals surface area contributed by atoms with Crippen LogP contribution in [0.5, 0.6) is 0 Å². The van der Waals surface area contributed by atoms with Gasteiger partial charge in [-0.15, -0.1) is 22.7 Å². The number of aromatic nitrogens is 1. The summed E-state index contributed by atoms with van der Waals surface area (Å²) < 4.78 is 0. The summed E-state index contributed by atoms with van der Waals surface area (Å²) >= 11 is 3.26. The van der Waals surface area contributed by atoms with Crippen molar-refractivity contribution in [3.05, 3.63) is 37.5 Å². The van der Waals surface area contributed by atoms with Crippen LogP contribution >= 0.6 is 22.7 Å². The normalized spacial score (nSPS) is 10.5. The van der Waals surface area contributed by atoms with E-state index in [1.165, 1.54) is 4.88 Å². The molecule has 2 heterocycles. The van der Waals surface area contributed by atoms with Crippen LogP contribution in [0.25, 0.3) is 0 Å². The molecule has 2 aromatic heterocycles. The molecule has 0 spiro atoms. The van der Waals surface area contributed by atoms with Crippen molar-refractivity contribution >= 4 is 28.6 Å². The Labute approximate surface area is 109 Å². The lowest BCUT2D eigenvalue weighted by Gasteiger charge is -2.02. The van der Waals surface area contributed by atoms with Gasteiger partial charge in [-0.3, -0.25) is 4.79 Å². The molecule has 0 bridgehead atoms. The summed E-state index contributed by atoms with van der Waals surface area (Å²) in [7, 11) is 0. The topological polar surface area (TPSA) is 42.0 Å². The van der Waals surface area contributed by atoms with Crippen LogP contribution in [0.3, 0.4) is 0 Å².